The molecular formula is C14H8FIN2OS. The summed E-state index contributed by atoms with van der Waals surface area (Å²) in [4.78, 5) is 15.6. The van der Waals surface area contributed by atoms with Crippen LogP contribution >= 0.6 is 34.8 Å². The number of aromatic amines is 1. The van der Waals surface area contributed by atoms with Crippen molar-refractivity contribution in [3.8, 4) is 5.69 Å². The molecule has 6 heteroatoms. The first kappa shape index (κ1) is 13.4. The normalized spacial score (nSPS) is 10.9. The highest BCUT2D eigenvalue weighted by molar-refractivity contribution is 14.1. The Hall–Kier alpha value is -1.54. The smallest absolute Gasteiger partial charge is 0.266 e. The van der Waals surface area contributed by atoms with Crippen molar-refractivity contribution in [3.63, 3.8) is 0 Å². The molecule has 0 fully saturated rings. The van der Waals surface area contributed by atoms with Gasteiger partial charge < -0.3 is 4.98 Å². The van der Waals surface area contributed by atoms with Crippen LogP contribution in [0.4, 0.5) is 4.39 Å². The molecule has 0 bridgehead atoms. The van der Waals surface area contributed by atoms with E-state index >= 15 is 0 Å². The first-order chi connectivity index (χ1) is 9.56. The summed E-state index contributed by atoms with van der Waals surface area (Å²) in [5, 5.41) is 0.523. The highest BCUT2D eigenvalue weighted by Crippen LogP contribution is 2.14. The van der Waals surface area contributed by atoms with Crippen LogP contribution in [0.15, 0.2) is 47.3 Å². The van der Waals surface area contributed by atoms with Crippen LogP contribution in [0.3, 0.4) is 0 Å². The minimum absolute atomic E-state index is 0.245. The van der Waals surface area contributed by atoms with E-state index in [4.69, 9.17) is 12.2 Å². The molecule has 0 radical (unpaired) electrons. The first-order valence-electron chi connectivity index (χ1n) is 5.77. The number of halogens is 2. The van der Waals surface area contributed by atoms with Gasteiger partial charge in [0.15, 0.2) is 4.77 Å². The zero-order valence-corrected chi connectivity index (χ0v) is 13.0. The van der Waals surface area contributed by atoms with Gasteiger partial charge in [0.2, 0.25) is 0 Å². The number of rotatable bonds is 1. The lowest BCUT2D eigenvalue weighted by atomic mass is 10.2. The monoisotopic (exact) mass is 398 g/mol. The van der Waals surface area contributed by atoms with Gasteiger partial charge >= 0.3 is 0 Å². The summed E-state index contributed by atoms with van der Waals surface area (Å²) < 4.78 is 15.8. The van der Waals surface area contributed by atoms with Crippen molar-refractivity contribution in [2.24, 2.45) is 0 Å². The summed E-state index contributed by atoms with van der Waals surface area (Å²) in [5.74, 6) is -0.411. The number of hydrogen-bond acceptors (Lipinski definition) is 2. The average molecular weight is 398 g/mol. The molecule has 2 aromatic carbocycles. The van der Waals surface area contributed by atoms with Gasteiger partial charge in [-0.3, -0.25) is 9.36 Å². The zero-order chi connectivity index (χ0) is 14.3. The molecule has 3 rings (SSSR count). The Balaban J connectivity index is 2.42. The van der Waals surface area contributed by atoms with Gasteiger partial charge in [-0.25, -0.2) is 4.39 Å². The second-order valence-electron chi connectivity index (χ2n) is 4.24. The Labute approximate surface area is 132 Å². The summed E-state index contributed by atoms with van der Waals surface area (Å²) >= 11 is 7.35. The summed E-state index contributed by atoms with van der Waals surface area (Å²) in [6.45, 7) is 0. The molecule has 1 N–H and O–H groups in total. The number of fused-ring (bicyclic) bond motifs is 1. The molecule has 0 saturated carbocycles. The Morgan fingerprint density at radius 2 is 2.00 bits per heavy atom. The predicted octanol–water partition coefficient (Wildman–Crippen LogP) is 3.79. The van der Waals surface area contributed by atoms with Crippen molar-refractivity contribution in [1.82, 2.24) is 9.55 Å². The standard InChI is InChI=1S/C14H8FIN2OS/c15-8-2-1-3-10(6-8)18-13(19)11-7-9(16)4-5-12(11)17-14(18)20/h1-7H,(H,17,20). The largest absolute Gasteiger partial charge is 0.331 e. The van der Waals surface area contributed by atoms with Gasteiger partial charge in [0, 0.05) is 3.57 Å². The molecule has 0 unspecified atom stereocenters. The van der Waals surface area contributed by atoms with Gasteiger partial charge in [0.1, 0.15) is 5.82 Å². The molecule has 1 aromatic heterocycles. The van der Waals surface area contributed by atoms with Crippen molar-refractivity contribution in [2.75, 3.05) is 0 Å². The lowest BCUT2D eigenvalue weighted by Gasteiger charge is -2.08. The van der Waals surface area contributed by atoms with Crippen molar-refractivity contribution in [1.29, 1.82) is 0 Å². The number of nitrogens with one attached hydrogen (secondary N) is 1. The van der Waals surface area contributed by atoms with Crippen molar-refractivity contribution in [3.05, 3.63) is 67.0 Å². The maximum Gasteiger partial charge on any atom is 0.266 e. The van der Waals surface area contributed by atoms with E-state index in [0.29, 0.717) is 16.6 Å². The Kier molecular flexibility index (Phi) is 3.43. The first-order valence-corrected chi connectivity index (χ1v) is 7.25. The van der Waals surface area contributed by atoms with Crippen LogP contribution in [0.5, 0.6) is 0 Å². The van der Waals surface area contributed by atoms with Gasteiger partial charge in [-0.15, -0.1) is 0 Å². The molecule has 0 aliphatic carbocycles. The van der Waals surface area contributed by atoms with E-state index in [9.17, 15) is 9.18 Å². The fraction of sp³-hybridized carbons (Fsp3) is 0. The summed E-state index contributed by atoms with van der Waals surface area (Å²) in [6, 6.07) is 11.3. The number of aromatic nitrogens is 2. The van der Waals surface area contributed by atoms with E-state index < -0.39 is 5.82 Å². The van der Waals surface area contributed by atoms with Crippen molar-refractivity contribution < 1.29 is 4.39 Å². The molecule has 0 saturated heterocycles. The second kappa shape index (κ2) is 5.10. The summed E-state index contributed by atoms with van der Waals surface area (Å²) in [5.41, 5.74) is 0.831. The topological polar surface area (TPSA) is 37.8 Å². The molecule has 0 spiro atoms. The minimum atomic E-state index is -0.411. The van der Waals surface area contributed by atoms with Gasteiger partial charge in [0.25, 0.3) is 5.56 Å². The van der Waals surface area contributed by atoms with Crippen LogP contribution in [0.25, 0.3) is 16.6 Å². The van der Waals surface area contributed by atoms with E-state index in [0.717, 1.165) is 3.57 Å². The Morgan fingerprint density at radius 1 is 1.20 bits per heavy atom. The third-order valence-electron chi connectivity index (χ3n) is 2.93. The molecule has 3 aromatic rings. The van der Waals surface area contributed by atoms with Crippen LogP contribution in [0, 0.1) is 14.2 Å². The third-order valence-corrected chi connectivity index (χ3v) is 3.88. The Morgan fingerprint density at radius 3 is 2.75 bits per heavy atom. The number of nitrogens with zero attached hydrogens (tertiary/aromatic N) is 1. The summed E-state index contributed by atoms with van der Waals surface area (Å²) in [7, 11) is 0. The van der Waals surface area contributed by atoms with Crippen LogP contribution < -0.4 is 5.56 Å². The SMILES string of the molecule is O=c1c2cc(I)ccc2[nH]c(=S)n1-c1cccc(F)c1. The minimum Gasteiger partial charge on any atom is -0.331 e. The van der Waals surface area contributed by atoms with E-state index in [1.54, 1.807) is 18.2 Å². The Bertz CT molecular complexity index is 932. The fourth-order valence-corrected chi connectivity index (χ4v) is 2.83. The number of H-pyrrole nitrogens is 1. The number of hydrogen-bond donors (Lipinski definition) is 1. The fourth-order valence-electron chi connectivity index (χ4n) is 2.04. The van der Waals surface area contributed by atoms with Crippen molar-refractivity contribution in [2.45, 2.75) is 0 Å². The third kappa shape index (κ3) is 2.29. The van der Waals surface area contributed by atoms with Gasteiger partial charge in [-0.1, -0.05) is 6.07 Å². The second-order valence-corrected chi connectivity index (χ2v) is 5.87. The molecule has 0 aliphatic heterocycles. The quantitative estimate of drug-likeness (QED) is 0.501. The lowest BCUT2D eigenvalue weighted by molar-refractivity contribution is 0.626. The highest BCUT2D eigenvalue weighted by atomic mass is 127. The molecule has 0 aliphatic rings. The predicted molar refractivity (Wildman–Crippen MR) is 87.4 cm³/mol. The zero-order valence-electron chi connectivity index (χ0n) is 10.1. The average Bonchev–Trinajstić information content (AvgIpc) is 2.40. The number of benzene rings is 2. The van der Waals surface area contributed by atoms with E-state index in [1.807, 2.05) is 12.1 Å². The summed E-state index contributed by atoms with van der Waals surface area (Å²) in [6.07, 6.45) is 0. The van der Waals surface area contributed by atoms with Gasteiger partial charge in [-0.05, 0) is 71.2 Å². The van der Waals surface area contributed by atoms with Crippen LogP contribution in [0.1, 0.15) is 0 Å². The van der Waals surface area contributed by atoms with Gasteiger partial charge in [0.05, 0.1) is 16.6 Å². The molecule has 0 atom stereocenters. The van der Waals surface area contributed by atoms with Crippen molar-refractivity contribution >= 4 is 45.7 Å². The van der Waals surface area contributed by atoms with E-state index in [-0.39, 0.29) is 10.3 Å². The van der Waals surface area contributed by atoms with Crippen LogP contribution in [-0.4, -0.2) is 9.55 Å². The maximum atomic E-state index is 13.3. The van der Waals surface area contributed by atoms with E-state index in [2.05, 4.69) is 27.6 Å². The van der Waals surface area contributed by atoms with Crippen LogP contribution in [-0.2, 0) is 0 Å². The molecule has 1 heterocycles. The molecule has 20 heavy (non-hydrogen) atoms. The highest BCUT2D eigenvalue weighted by Gasteiger charge is 2.08. The van der Waals surface area contributed by atoms with Gasteiger partial charge in [-0.2, -0.15) is 0 Å². The molecule has 0 amide bonds. The van der Waals surface area contributed by atoms with E-state index in [1.165, 1.54) is 16.7 Å². The molecule has 100 valence electrons. The lowest BCUT2D eigenvalue weighted by Crippen LogP contribution is -2.20. The van der Waals surface area contributed by atoms with Crippen LogP contribution in [0.2, 0.25) is 0 Å². The maximum absolute atomic E-state index is 13.3. The molecular weight excluding hydrogens is 390 g/mol. The molecule has 3 nitrogen and oxygen atoms in total.